The zero-order valence-electron chi connectivity index (χ0n) is 8.14. The molecule has 0 aliphatic carbocycles. The molecule has 3 N–H and O–H groups in total. The third-order valence-corrected chi connectivity index (χ3v) is 2.67. The van der Waals surface area contributed by atoms with Crippen LogP contribution in [0.3, 0.4) is 0 Å². The molecule has 0 radical (unpaired) electrons. The van der Waals surface area contributed by atoms with Crippen LogP contribution in [-0.4, -0.2) is 13.0 Å². The zero-order valence-corrected chi connectivity index (χ0v) is 8.95. The van der Waals surface area contributed by atoms with Crippen molar-refractivity contribution in [3.63, 3.8) is 0 Å². The van der Waals surface area contributed by atoms with Gasteiger partial charge in [0.1, 0.15) is 0 Å². The molecule has 80 valence electrons. The topological polar surface area (TPSA) is 77.1 Å². The van der Waals surface area contributed by atoms with Crippen LogP contribution in [0, 0.1) is 0 Å². The van der Waals surface area contributed by atoms with Crippen LogP contribution in [0.1, 0.15) is 0 Å². The van der Waals surface area contributed by atoms with E-state index < -0.39 is 10.2 Å². The highest BCUT2D eigenvalue weighted by Crippen LogP contribution is 2.19. The first kappa shape index (κ1) is 10.0. The summed E-state index contributed by atoms with van der Waals surface area (Å²) in [6.07, 6.45) is 1.91. The summed E-state index contributed by atoms with van der Waals surface area (Å²) in [7, 11) is -1.81. The number of nitrogens with two attached hydrogens (primary N) is 1. The van der Waals surface area contributed by atoms with Crippen LogP contribution in [0.25, 0.3) is 10.9 Å². The van der Waals surface area contributed by atoms with Crippen LogP contribution in [-0.2, 0) is 17.3 Å². The van der Waals surface area contributed by atoms with Gasteiger partial charge in [0.05, 0.1) is 5.69 Å². The van der Waals surface area contributed by atoms with E-state index in [1.54, 1.807) is 12.1 Å². The molecular weight excluding hydrogens is 214 g/mol. The van der Waals surface area contributed by atoms with Gasteiger partial charge in [-0.3, -0.25) is 4.72 Å². The Morgan fingerprint density at radius 3 is 2.73 bits per heavy atom. The number of rotatable bonds is 2. The van der Waals surface area contributed by atoms with E-state index >= 15 is 0 Å². The van der Waals surface area contributed by atoms with E-state index in [0.717, 1.165) is 10.9 Å². The molecule has 2 aromatic rings. The van der Waals surface area contributed by atoms with Gasteiger partial charge in [-0.2, -0.15) is 8.42 Å². The van der Waals surface area contributed by atoms with Crippen molar-refractivity contribution in [3.8, 4) is 0 Å². The van der Waals surface area contributed by atoms with Gasteiger partial charge in [0.2, 0.25) is 0 Å². The standard InChI is InChI=1S/C9H11N3O2S/c1-12-5-4-7-2-3-8(6-9(7)12)11-15(10,13)14/h2-6,11H,1H3,(H2,10,13,14). The number of fused-ring (bicyclic) bond motifs is 1. The Morgan fingerprint density at radius 1 is 1.33 bits per heavy atom. The fourth-order valence-electron chi connectivity index (χ4n) is 1.49. The van der Waals surface area contributed by atoms with Gasteiger partial charge in [0.25, 0.3) is 10.2 Å². The normalized spacial score (nSPS) is 11.9. The lowest BCUT2D eigenvalue weighted by Crippen LogP contribution is -2.21. The fourth-order valence-corrected chi connectivity index (χ4v) is 1.95. The second kappa shape index (κ2) is 3.25. The van der Waals surface area contributed by atoms with E-state index in [2.05, 4.69) is 4.72 Å². The molecule has 1 heterocycles. The molecule has 0 fully saturated rings. The lowest BCUT2D eigenvalue weighted by Gasteiger charge is -2.04. The molecule has 0 saturated carbocycles. The maximum absolute atomic E-state index is 10.8. The van der Waals surface area contributed by atoms with E-state index in [9.17, 15) is 8.42 Å². The van der Waals surface area contributed by atoms with Gasteiger partial charge in [0, 0.05) is 18.8 Å². The lowest BCUT2D eigenvalue weighted by molar-refractivity contribution is 0.603. The molecule has 0 bridgehead atoms. The molecule has 1 aromatic heterocycles. The van der Waals surface area contributed by atoms with Crippen LogP contribution in [0.5, 0.6) is 0 Å². The van der Waals surface area contributed by atoms with Crippen LogP contribution in [0.4, 0.5) is 5.69 Å². The number of nitrogens with one attached hydrogen (secondary N) is 1. The Bertz CT molecular complexity index is 601. The van der Waals surface area contributed by atoms with Crippen LogP contribution >= 0.6 is 0 Å². The van der Waals surface area contributed by atoms with E-state index in [4.69, 9.17) is 5.14 Å². The first-order valence-electron chi connectivity index (χ1n) is 4.31. The summed E-state index contributed by atoms with van der Waals surface area (Å²) >= 11 is 0. The summed E-state index contributed by atoms with van der Waals surface area (Å²) in [6, 6.07) is 7.20. The van der Waals surface area contributed by atoms with Gasteiger partial charge >= 0.3 is 0 Å². The second-order valence-electron chi connectivity index (χ2n) is 3.35. The average molecular weight is 225 g/mol. The third kappa shape index (κ3) is 2.11. The van der Waals surface area contributed by atoms with E-state index in [1.165, 1.54) is 0 Å². The maximum Gasteiger partial charge on any atom is 0.296 e. The van der Waals surface area contributed by atoms with E-state index in [-0.39, 0.29) is 0 Å². The first-order chi connectivity index (χ1) is 6.96. The molecular formula is C9H11N3O2S. The molecule has 0 unspecified atom stereocenters. The summed E-state index contributed by atoms with van der Waals surface area (Å²) in [5.74, 6) is 0. The number of hydrogen-bond acceptors (Lipinski definition) is 2. The molecule has 0 atom stereocenters. The van der Waals surface area contributed by atoms with Gasteiger partial charge in [-0.25, -0.2) is 5.14 Å². The monoisotopic (exact) mass is 225 g/mol. The highest BCUT2D eigenvalue weighted by atomic mass is 32.2. The highest BCUT2D eigenvalue weighted by molar-refractivity contribution is 7.90. The Hall–Kier alpha value is -1.53. The van der Waals surface area contributed by atoms with Gasteiger partial charge in [0.15, 0.2) is 0 Å². The minimum atomic E-state index is -3.70. The summed E-state index contributed by atoms with van der Waals surface area (Å²) in [5, 5.41) is 5.93. The van der Waals surface area contributed by atoms with Crippen molar-refractivity contribution in [2.75, 3.05) is 4.72 Å². The largest absolute Gasteiger partial charge is 0.350 e. The molecule has 5 nitrogen and oxygen atoms in total. The molecule has 15 heavy (non-hydrogen) atoms. The van der Waals surface area contributed by atoms with Crippen molar-refractivity contribution in [3.05, 3.63) is 30.5 Å². The summed E-state index contributed by atoms with van der Waals surface area (Å²) in [5.41, 5.74) is 1.41. The zero-order chi connectivity index (χ0) is 11.1. The van der Waals surface area contributed by atoms with Gasteiger partial charge in [-0.15, -0.1) is 0 Å². The lowest BCUT2D eigenvalue weighted by atomic mass is 10.2. The molecule has 0 saturated heterocycles. The predicted molar refractivity (Wildman–Crippen MR) is 59.6 cm³/mol. The summed E-state index contributed by atoms with van der Waals surface area (Å²) in [6.45, 7) is 0. The Labute approximate surface area is 87.7 Å². The van der Waals surface area contributed by atoms with Crippen molar-refractivity contribution in [2.45, 2.75) is 0 Å². The minimum absolute atomic E-state index is 0.465. The molecule has 0 aliphatic heterocycles. The quantitative estimate of drug-likeness (QED) is 0.792. The third-order valence-electron chi connectivity index (χ3n) is 2.15. The van der Waals surface area contributed by atoms with Crippen LogP contribution < -0.4 is 9.86 Å². The second-order valence-corrected chi connectivity index (χ2v) is 4.64. The van der Waals surface area contributed by atoms with Crippen molar-refractivity contribution >= 4 is 26.8 Å². The molecule has 2 rings (SSSR count). The molecule has 6 heteroatoms. The fraction of sp³-hybridized carbons (Fsp3) is 0.111. The first-order valence-corrected chi connectivity index (χ1v) is 5.86. The Kier molecular flexibility index (Phi) is 2.17. The van der Waals surface area contributed by atoms with Crippen molar-refractivity contribution in [1.29, 1.82) is 0 Å². The van der Waals surface area contributed by atoms with Crippen molar-refractivity contribution in [2.24, 2.45) is 12.2 Å². The Balaban J connectivity index is 2.51. The molecule has 0 spiro atoms. The number of aryl methyl sites for hydroxylation is 1. The maximum atomic E-state index is 10.8. The number of aromatic nitrogens is 1. The van der Waals surface area contributed by atoms with Gasteiger partial charge in [-0.1, -0.05) is 6.07 Å². The Morgan fingerprint density at radius 2 is 2.07 bits per heavy atom. The van der Waals surface area contributed by atoms with Crippen LogP contribution in [0.15, 0.2) is 30.5 Å². The van der Waals surface area contributed by atoms with Crippen molar-refractivity contribution < 1.29 is 8.42 Å². The van der Waals surface area contributed by atoms with E-state index in [1.807, 2.05) is 29.9 Å². The number of benzene rings is 1. The SMILES string of the molecule is Cn1ccc2ccc(NS(N)(=O)=O)cc21. The summed E-state index contributed by atoms with van der Waals surface area (Å²) in [4.78, 5) is 0. The minimum Gasteiger partial charge on any atom is -0.350 e. The summed E-state index contributed by atoms with van der Waals surface area (Å²) < 4.78 is 25.8. The van der Waals surface area contributed by atoms with Crippen LogP contribution in [0.2, 0.25) is 0 Å². The smallest absolute Gasteiger partial charge is 0.296 e. The molecule has 0 amide bonds. The molecule has 1 aromatic carbocycles. The number of anilines is 1. The number of nitrogens with zero attached hydrogens (tertiary/aromatic N) is 1. The molecule has 0 aliphatic rings. The average Bonchev–Trinajstić information content (AvgIpc) is 2.45. The predicted octanol–water partition coefficient (Wildman–Crippen LogP) is 0.794. The van der Waals surface area contributed by atoms with E-state index in [0.29, 0.717) is 5.69 Å². The van der Waals surface area contributed by atoms with Gasteiger partial charge in [-0.05, 0) is 23.6 Å². The van der Waals surface area contributed by atoms with Gasteiger partial charge < -0.3 is 4.57 Å². The number of hydrogen-bond donors (Lipinski definition) is 2. The van der Waals surface area contributed by atoms with Crippen molar-refractivity contribution in [1.82, 2.24) is 4.57 Å². The highest BCUT2D eigenvalue weighted by Gasteiger charge is 2.04.